The molecule has 1 unspecified atom stereocenters. The maximum absolute atomic E-state index is 10.2. The Kier molecular flexibility index (Phi) is 4.53. The molecule has 1 N–H and O–H groups in total. The second-order valence-corrected chi connectivity index (χ2v) is 5.65. The number of thiophene rings is 1. The molecule has 0 aliphatic rings. The second kappa shape index (κ2) is 6.14. The van der Waals surface area contributed by atoms with Crippen LogP contribution in [0.3, 0.4) is 0 Å². The summed E-state index contributed by atoms with van der Waals surface area (Å²) in [5.41, 5.74) is 2.31. The molecule has 0 amide bonds. The van der Waals surface area contributed by atoms with Gasteiger partial charge in [0, 0.05) is 18.0 Å². The first-order valence-corrected chi connectivity index (χ1v) is 6.99. The van der Waals surface area contributed by atoms with Gasteiger partial charge < -0.3 is 5.11 Å². The molecule has 1 heterocycles. The van der Waals surface area contributed by atoms with Crippen LogP contribution in [0, 0.1) is 6.92 Å². The highest BCUT2D eigenvalue weighted by molar-refractivity contribution is 7.10. The van der Waals surface area contributed by atoms with Gasteiger partial charge in [-0.1, -0.05) is 30.3 Å². The minimum Gasteiger partial charge on any atom is -0.387 e. The fourth-order valence-electron chi connectivity index (χ4n) is 1.95. The number of aliphatic hydroxyl groups is 1. The van der Waals surface area contributed by atoms with Crippen LogP contribution in [0.1, 0.15) is 22.1 Å². The highest BCUT2D eigenvalue weighted by Crippen LogP contribution is 2.19. The molecule has 3 heteroatoms. The summed E-state index contributed by atoms with van der Waals surface area (Å²) in [7, 11) is 2.05. The highest BCUT2D eigenvalue weighted by Gasteiger charge is 2.11. The molecule has 2 aromatic rings. The van der Waals surface area contributed by atoms with Gasteiger partial charge in [0.25, 0.3) is 0 Å². The summed E-state index contributed by atoms with van der Waals surface area (Å²) in [6.07, 6.45) is -0.420. The predicted molar refractivity (Wildman–Crippen MR) is 76.8 cm³/mol. The third-order valence-electron chi connectivity index (χ3n) is 3.05. The van der Waals surface area contributed by atoms with E-state index >= 15 is 0 Å². The van der Waals surface area contributed by atoms with Gasteiger partial charge in [-0.3, -0.25) is 4.90 Å². The lowest BCUT2D eigenvalue weighted by Gasteiger charge is -2.20. The van der Waals surface area contributed by atoms with Gasteiger partial charge in [0.15, 0.2) is 0 Å². The zero-order chi connectivity index (χ0) is 13.0. The van der Waals surface area contributed by atoms with E-state index in [9.17, 15) is 5.11 Å². The lowest BCUT2D eigenvalue weighted by molar-refractivity contribution is 0.124. The van der Waals surface area contributed by atoms with Crippen LogP contribution in [0.5, 0.6) is 0 Å². The Hall–Kier alpha value is -1.16. The number of aliphatic hydroxyl groups excluding tert-OH is 1. The molecule has 2 nitrogen and oxygen atoms in total. The first-order chi connectivity index (χ1) is 8.66. The van der Waals surface area contributed by atoms with E-state index in [1.807, 2.05) is 37.4 Å². The van der Waals surface area contributed by atoms with Gasteiger partial charge in [0.05, 0.1) is 6.10 Å². The quantitative estimate of drug-likeness (QED) is 0.893. The SMILES string of the molecule is Cc1ccsc1CN(C)CC(O)c1ccccc1. The first kappa shape index (κ1) is 13.3. The van der Waals surface area contributed by atoms with Gasteiger partial charge in [-0.05, 0) is 36.5 Å². The van der Waals surface area contributed by atoms with E-state index in [0.717, 1.165) is 12.1 Å². The van der Waals surface area contributed by atoms with E-state index < -0.39 is 6.10 Å². The van der Waals surface area contributed by atoms with Gasteiger partial charge in [0.1, 0.15) is 0 Å². The Morgan fingerprint density at radius 3 is 2.56 bits per heavy atom. The molecule has 0 aliphatic carbocycles. The lowest BCUT2D eigenvalue weighted by atomic mass is 10.1. The van der Waals surface area contributed by atoms with Crippen LogP contribution in [-0.4, -0.2) is 23.6 Å². The number of nitrogens with zero attached hydrogens (tertiary/aromatic N) is 1. The topological polar surface area (TPSA) is 23.5 Å². The van der Waals surface area contributed by atoms with E-state index in [0.29, 0.717) is 6.54 Å². The molecule has 0 saturated carbocycles. The van der Waals surface area contributed by atoms with Crippen LogP contribution in [0.25, 0.3) is 0 Å². The molecule has 1 atom stereocenters. The highest BCUT2D eigenvalue weighted by atomic mass is 32.1. The minimum atomic E-state index is -0.420. The summed E-state index contributed by atoms with van der Waals surface area (Å²) in [5, 5.41) is 12.3. The molecule has 0 fully saturated rings. The van der Waals surface area contributed by atoms with Gasteiger partial charge in [0.2, 0.25) is 0 Å². The van der Waals surface area contributed by atoms with E-state index in [1.165, 1.54) is 10.4 Å². The summed E-state index contributed by atoms with van der Waals surface area (Å²) in [6, 6.07) is 12.0. The smallest absolute Gasteiger partial charge is 0.0916 e. The molecule has 1 aromatic heterocycles. The Morgan fingerprint density at radius 2 is 1.94 bits per heavy atom. The van der Waals surface area contributed by atoms with E-state index in [2.05, 4.69) is 23.3 Å². The van der Waals surface area contributed by atoms with Crippen molar-refractivity contribution in [2.45, 2.75) is 19.6 Å². The number of likely N-dealkylation sites (N-methyl/N-ethyl adjacent to an activating group) is 1. The number of hydrogen-bond donors (Lipinski definition) is 1. The molecule has 0 saturated heterocycles. The van der Waals surface area contributed by atoms with Crippen LogP contribution in [0.2, 0.25) is 0 Å². The third kappa shape index (κ3) is 3.42. The molecule has 0 aliphatic heterocycles. The van der Waals surface area contributed by atoms with E-state index in [1.54, 1.807) is 11.3 Å². The van der Waals surface area contributed by atoms with Crippen molar-refractivity contribution in [3.05, 3.63) is 57.8 Å². The van der Waals surface area contributed by atoms with Crippen molar-refractivity contribution in [1.82, 2.24) is 4.90 Å². The number of benzene rings is 1. The largest absolute Gasteiger partial charge is 0.387 e. The second-order valence-electron chi connectivity index (χ2n) is 4.65. The molecule has 96 valence electrons. The van der Waals surface area contributed by atoms with Gasteiger partial charge in [-0.15, -0.1) is 11.3 Å². The molecular weight excluding hydrogens is 242 g/mol. The van der Waals surface area contributed by atoms with E-state index in [-0.39, 0.29) is 0 Å². The Labute approximate surface area is 113 Å². The van der Waals surface area contributed by atoms with Gasteiger partial charge in [-0.25, -0.2) is 0 Å². The van der Waals surface area contributed by atoms with Crippen LogP contribution in [0.15, 0.2) is 41.8 Å². The van der Waals surface area contributed by atoms with Crippen molar-refractivity contribution >= 4 is 11.3 Å². The molecule has 18 heavy (non-hydrogen) atoms. The summed E-state index contributed by atoms with van der Waals surface area (Å²) < 4.78 is 0. The summed E-state index contributed by atoms with van der Waals surface area (Å²) in [4.78, 5) is 3.54. The average molecular weight is 261 g/mol. The summed E-state index contributed by atoms with van der Waals surface area (Å²) in [5.74, 6) is 0. The molecule has 1 aromatic carbocycles. The van der Waals surface area contributed by atoms with Crippen molar-refractivity contribution in [1.29, 1.82) is 0 Å². The predicted octanol–water partition coefficient (Wildman–Crippen LogP) is 3.22. The maximum Gasteiger partial charge on any atom is 0.0916 e. The van der Waals surface area contributed by atoms with Crippen LogP contribution < -0.4 is 0 Å². The summed E-state index contributed by atoms with van der Waals surface area (Å²) in [6.45, 7) is 3.68. The van der Waals surface area contributed by atoms with Crippen molar-refractivity contribution in [2.75, 3.05) is 13.6 Å². The van der Waals surface area contributed by atoms with Gasteiger partial charge >= 0.3 is 0 Å². The Balaban J connectivity index is 1.92. The average Bonchev–Trinajstić information content (AvgIpc) is 2.76. The minimum absolute atomic E-state index is 0.420. The van der Waals surface area contributed by atoms with Crippen molar-refractivity contribution in [2.24, 2.45) is 0 Å². The van der Waals surface area contributed by atoms with Crippen molar-refractivity contribution < 1.29 is 5.11 Å². The zero-order valence-electron chi connectivity index (χ0n) is 10.8. The van der Waals surface area contributed by atoms with Crippen molar-refractivity contribution in [3.63, 3.8) is 0 Å². The number of rotatable bonds is 5. The first-order valence-electron chi connectivity index (χ1n) is 6.11. The summed E-state index contributed by atoms with van der Waals surface area (Å²) >= 11 is 1.78. The van der Waals surface area contributed by atoms with Gasteiger partial charge in [-0.2, -0.15) is 0 Å². The molecule has 0 bridgehead atoms. The monoisotopic (exact) mass is 261 g/mol. The normalized spacial score (nSPS) is 12.9. The van der Waals surface area contributed by atoms with E-state index in [4.69, 9.17) is 0 Å². The maximum atomic E-state index is 10.2. The molecule has 0 spiro atoms. The standard InChI is InChI=1S/C15H19NOS/c1-12-8-9-18-15(12)11-16(2)10-14(17)13-6-4-3-5-7-13/h3-9,14,17H,10-11H2,1-2H3. The third-order valence-corrected chi connectivity index (χ3v) is 4.06. The Bertz CT molecular complexity index is 480. The number of aryl methyl sites for hydroxylation is 1. The lowest BCUT2D eigenvalue weighted by Crippen LogP contribution is -2.24. The molecular formula is C15H19NOS. The molecule has 2 rings (SSSR count). The fraction of sp³-hybridized carbons (Fsp3) is 0.333. The zero-order valence-corrected chi connectivity index (χ0v) is 11.7. The molecule has 0 radical (unpaired) electrons. The number of hydrogen-bond acceptors (Lipinski definition) is 3. The van der Waals surface area contributed by atoms with Crippen LogP contribution in [-0.2, 0) is 6.54 Å². The van der Waals surface area contributed by atoms with Crippen LogP contribution in [0.4, 0.5) is 0 Å². The Morgan fingerprint density at radius 1 is 1.22 bits per heavy atom. The van der Waals surface area contributed by atoms with Crippen LogP contribution >= 0.6 is 11.3 Å². The van der Waals surface area contributed by atoms with Crippen molar-refractivity contribution in [3.8, 4) is 0 Å². The fourth-order valence-corrected chi connectivity index (χ4v) is 2.94.